The van der Waals surface area contributed by atoms with Gasteiger partial charge in [-0.1, -0.05) is 11.6 Å². The Kier molecular flexibility index (Phi) is 6.89. The zero-order valence-electron chi connectivity index (χ0n) is 20.9. The Morgan fingerprint density at radius 1 is 1.14 bits per heavy atom. The lowest BCUT2D eigenvalue weighted by atomic mass is 9.87. The quantitative estimate of drug-likeness (QED) is 0.547. The molecular weight excluding hydrogens is 497 g/mol. The number of piperazine rings is 1. The van der Waals surface area contributed by atoms with Gasteiger partial charge in [-0.25, -0.2) is 9.78 Å². The van der Waals surface area contributed by atoms with Crippen molar-refractivity contribution in [2.75, 3.05) is 19.6 Å². The second-order valence-corrected chi connectivity index (χ2v) is 11.0. The van der Waals surface area contributed by atoms with Crippen LogP contribution in [-0.2, 0) is 16.0 Å². The topological polar surface area (TPSA) is 67.7 Å². The number of aromatic nitrogens is 2. The lowest BCUT2D eigenvalue weighted by Gasteiger charge is -2.45. The van der Waals surface area contributed by atoms with Crippen LogP contribution >= 0.6 is 11.6 Å². The van der Waals surface area contributed by atoms with Crippen molar-refractivity contribution in [1.82, 2.24) is 19.4 Å². The number of fused-ring (bicyclic) bond motifs is 3. The molecule has 1 unspecified atom stereocenters. The van der Waals surface area contributed by atoms with Crippen LogP contribution in [0.4, 0.5) is 13.2 Å². The normalized spacial score (nSPS) is 22.7. The van der Waals surface area contributed by atoms with Gasteiger partial charge in [0.25, 0.3) is 0 Å². The first-order valence-electron chi connectivity index (χ1n) is 11.9. The number of alkyl halides is 3. The first-order valence-corrected chi connectivity index (χ1v) is 12.2. The number of ether oxygens (including phenoxy) is 1. The summed E-state index contributed by atoms with van der Waals surface area (Å²) in [5.41, 5.74) is 1.34. The number of benzene rings is 1. The number of hydrogen-bond donors (Lipinski definition) is 0. The van der Waals surface area contributed by atoms with Crippen LogP contribution in [0.25, 0.3) is 5.69 Å². The number of hydrogen-bond acceptors (Lipinski definition) is 5. The Balaban J connectivity index is 1.65. The summed E-state index contributed by atoms with van der Waals surface area (Å²) in [6.45, 7) is 8.00. The van der Waals surface area contributed by atoms with Gasteiger partial charge in [0.15, 0.2) is 5.69 Å². The van der Waals surface area contributed by atoms with E-state index in [1.807, 2.05) is 0 Å². The number of esters is 1. The SMILES string of the molecule is C[C@@H]1CN(C(=O)C2Cc3c(C(=O)OC(C)(C)C)ncn3-c3ccc(Cl)cc32)C[C@H](C)N1CC(F)(F)F. The monoisotopic (exact) mass is 526 g/mol. The van der Waals surface area contributed by atoms with E-state index in [9.17, 15) is 22.8 Å². The number of amides is 1. The fraction of sp³-hybridized carbons (Fsp3) is 0.560. The molecule has 0 spiro atoms. The summed E-state index contributed by atoms with van der Waals surface area (Å²) in [5.74, 6) is -1.47. The predicted molar refractivity (Wildman–Crippen MR) is 128 cm³/mol. The summed E-state index contributed by atoms with van der Waals surface area (Å²) in [5, 5.41) is 0.458. The van der Waals surface area contributed by atoms with Gasteiger partial charge in [0.05, 0.1) is 23.8 Å². The molecular formula is C25H30ClF3N4O3. The van der Waals surface area contributed by atoms with Gasteiger partial charge < -0.3 is 14.2 Å². The third-order valence-electron chi connectivity index (χ3n) is 6.55. The highest BCUT2D eigenvalue weighted by atomic mass is 35.5. The van der Waals surface area contributed by atoms with E-state index < -0.39 is 42.3 Å². The van der Waals surface area contributed by atoms with Crippen LogP contribution in [-0.4, -0.2) is 74.7 Å². The number of carbonyl (C=O) groups is 2. The maximum atomic E-state index is 13.8. The minimum absolute atomic E-state index is 0.139. The van der Waals surface area contributed by atoms with E-state index >= 15 is 0 Å². The molecule has 1 aromatic heterocycles. The van der Waals surface area contributed by atoms with Crippen LogP contribution in [0.3, 0.4) is 0 Å². The Morgan fingerprint density at radius 2 is 1.78 bits per heavy atom. The molecule has 2 aliphatic rings. The molecule has 2 aliphatic heterocycles. The molecule has 1 amide bonds. The lowest BCUT2D eigenvalue weighted by molar-refractivity contribution is -0.164. The van der Waals surface area contributed by atoms with Crippen molar-refractivity contribution in [3.8, 4) is 5.69 Å². The smallest absolute Gasteiger partial charge is 0.401 e. The number of rotatable bonds is 3. The summed E-state index contributed by atoms with van der Waals surface area (Å²) in [7, 11) is 0. The van der Waals surface area contributed by atoms with E-state index in [2.05, 4.69) is 4.98 Å². The van der Waals surface area contributed by atoms with E-state index in [1.165, 1.54) is 11.2 Å². The lowest BCUT2D eigenvalue weighted by Crippen LogP contribution is -2.60. The molecule has 0 N–H and O–H groups in total. The van der Waals surface area contributed by atoms with Crippen molar-refractivity contribution < 1.29 is 27.5 Å². The third kappa shape index (κ3) is 5.39. The summed E-state index contributed by atoms with van der Waals surface area (Å²) < 4.78 is 46.5. The van der Waals surface area contributed by atoms with Crippen molar-refractivity contribution in [1.29, 1.82) is 0 Å². The van der Waals surface area contributed by atoms with Gasteiger partial charge in [0, 0.05) is 36.6 Å². The molecule has 2 aromatic rings. The van der Waals surface area contributed by atoms with Crippen molar-refractivity contribution in [2.24, 2.45) is 0 Å². The van der Waals surface area contributed by atoms with Gasteiger partial charge in [0.2, 0.25) is 5.91 Å². The van der Waals surface area contributed by atoms with E-state index in [4.69, 9.17) is 16.3 Å². The predicted octanol–water partition coefficient (Wildman–Crippen LogP) is 4.60. The van der Waals surface area contributed by atoms with Crippen molar-refractivity contribution >= 4 is 23.5 Å². The summed E-state index contributed by atoms with van der Waals surface area (Å²) in [6, 6.07) is 4.26. The number of halogens is 4. The molecule has 4 rings (SSSR count). The summed E-state index contributed by atoms with van der Waals surface area (Å²) >= 11 is 6.28. The number of imidazole rings is 1. The molecule has 1 fully saturated rings. The van der Waals surface area contributed by atoms with Crippen molar-refractivity contribution in [2.45, 2.75) is 70.8 Å². The Morgan fingerprint density at radius 3 is 2.36 bits per heavy atom. The molecule has 3 atom stereocenters. The minimum atomic E-state index is -4.32. The third-order valence-corrected chi connectivity index (χ3v) is 6.79. The second kappa shape index (κ2) is 9.37. The van der Waals surface area contributed by atoms with E-state index in [-0.39, 0.29) is 31.1 Å². The maximum absolute atomic E-state index is 13.8. The number of nitrogens with zero attached hydrogens (tertiary/aromatic N) is 4. The van der Waals surface area contributed by atoms with Gasteiger partial charge in [0.1, 0.15) is 11.9 Å². The highest BCUT2D eigenvalue weighted by Crippen LogP contribution is 2.38. The summed E-state index contributed by atoms with van der Waals surface area (Å²) in [6.07, 6.45) is -2.60. The Bertz CT molecular complexity index is 1160. The molecule has 11 heteroatoms. The van der Waals surface area contributed by atoms with Gasteiger partial charge in [-0.15, -0.1) is 0 Å². The molecule has 7 nitrogen and oxygen atoms in total. The van der Waals surface area contributed by atoms with Crippen LogP contribution in [0.2, 0.25) is 5.02 Å². The van der Waals surface area contributed by atoms with Gasteiger partial charge in [-0.3, -0.25) is 9.69 Å². The Hall–Kier alpha value is -2.59. The molecule has 3 heterocycles. The van der Waals surface area contributed by atoms with Crippen molar-refractivity contribution in [3.05, 3.63) is 46.5 Å². The largest absolute Gasteiger partial charge is 0.455 e. The average molecular weight is 527 g/mol. The Labute approximate surface area is 213 Å². The van der Waals surface area contributed by atoms with Gasteiger partial charge >= 0.3 is 12.1 Å². The molecule has 196 valence electrons. The first kappa shape index (κ1) is 26.5. The standard InChI is InChI=1S/C25H30ClF3N4O3/c1-14-10-31(11-15(2)32(14)12-25(27,28)29)22(34)18-9-20-21(23(35)36-24(3,4)5)30-13-33(20)19-7-6-16(26)8-17(18)19/h6-8,13-15,18H,9-12H2,1-5H3/t14-,15+,18?. The van der Waals surface area contributed by atoms with Crippen LogP contribution < -0.4 is 0 Å². The minimum Gasteiger partial charge on any atom is -0.455 e. The average Bonchev–Trinajstić information content (AvgIpc) is 3.17. The molecule has 1 saturated heterocycles. The molecule has 0 radical (unpaired) electrons. The van der Waals surface area contributed by atoms with E-state index in [0.717, 1.165) is 0 Å². The molecule has 0 saturated carbocycles. The second-order valence-electron chi connectivity index (χ2n) is 10.6. The number of carbonyl (C=O) groups excluding carboxylic acids is 2. The maximum Gasteiger partial charge on any atom is 0.401 e. The highest BCUT2D eigenvalue weighted by Gasteiger charge is 2.42. The van der Waals surface area contributed by atoms with Crippen LogP contribution in [0, 0.1) is 0 Å². The molecule has 0 aliphatic carbocycles. The highest BCUT2D eigenvalue weighted by molar-refractivity contribution is 6.30. The van der Waals surface area contributed by atoms with Crippen LogP contribution in [0.15, 0.2) is 24.5 Å². The zero-order chi connectivity index (χ0) is 26.6. The van der Waals surface area contributed by atoms with E-state index in [0.29, 0.717) is 22.0 Å². The fourth-order valence-corrected chi connectivity index (χ4v) is 5.28. The summed E-state index contributed by atoms with van der Waals surface area (Å²) in [4.78, 5) is 34.0. The van der Waals surface area contributed by atoms with Gasteiger partial charge in [-0.2, -0.15) is 13.2 Å². The van der Waals surface area contributed by atoms with Crippen molar-refractivity contribution in [3.63, 3.8) is 0 Å². The molecule has 1 aromatic carbocycles. The zero-order valence-corrected chi connectivity index (χ0v) is 21.7. The van der Waals surface area contributed by atoms with Crippen LogP contribution in [0.5, 0.6) is 0 Å². The van der Waals surface area contributed by atoms with Crippen LogP contribution in [0.1, 0.15) is 62.3 Å². The first-order chi connectivity index (χ1) is 16.6. The molecule has 0 bridgehead atoms. The fourth-order valence-electron chi connectivity index (χ4n) is 5.10. The molecule has 36 heavy (non-hydrogen) atoms. The van der Waals surface area contributed by atoms with E-state index in [1.54, 1.807) is 62.3 Å². The van der Waals surface area contributed by atoms with Gasteiger partial charge in [-0.05, 0) is 58.4 Å².